The second-order valence-electron chi connectivity index (χ2n) is 7.22. The summed E-state index contributed by atoms with van der Waals surface area (Å²) in [6.07, 6.45) is 3.59. The highest BCUT2D eigenvalue weighted by atomic mass is 16.6. The molecule has 6 nitrogen and oxygen atoms in total. The van der Waals surface area contributed by atoms with Crippen LogP contribution in [0.5, 0.6) is 0 Å². The number of fused-ring (bicyclic) bond motifs is 5. The van der Waals surface area contributed by atoms with E-state index in [4.69, 9.17) is 14.2 Å². The van der Waals surface area contributed by atoms with Gasteiger partial charge in [0, 0.05) is 0 Å². The molecule has 25 heavy (non-hydrogen) atoms. The minimum Gasteiger partial charge on any atom is -0.375 e. The second kappa shape index (κ2) is 5.24. The predicted octanol–water partition coefficient (Wildman–Crippen LogP) is 1.22. The van der Waals surface area contributed by atoms with Crippen LogP contribution in [0.2, 0.25) is 0 Å². The zero-order valence-electron chi connectivity index (χ0n) is 13.9. The highest BCUT2D eigenvalue weighted by Crippen LogP contribution is 2.52. The third-order valence-electron chi connectivity index (χ3n) is 5.48. The summed E-state index contributed by atoms with van der Waals surface area (Å²) in [5.74, 6) is -1.35. The van der Waals surface area contributed by atoms with Crippen LogP contribution in [-0.2, 0) is 23.8 Å². The Labute approximate surface area is 145 Å². The SMILES string of the molecule is Cc1ccc(N2C(=O)[C@H]3[C@@H](C2=O)[C@@]2(COC[C@@H]4CO4)C=C[C@H]3O2)cc1. The predicted molar refractivity (Wildman–Crippen MR) is 88.0 cm³/mol. The van der Waals surface area contributed by atoms with E-state index in [0.29, 0.717) is 12.3 Å². The fraction of sp³-hybridized carbons (Fsp3) is 0.474. The van der Waals surface area contributed by atoms with E-state index >= 15 is 0 Å². The lowest BCUT2D eigenvalue weighted by Crippen LogP contribution is -2.44. The van der Waals surface area contributed by atoms with Crippen LogP contribution in [0.3, 0.4) is 0 Å². The Hall–Kier alpha value is -2.02. The lowest BCUT2D eigenvalue weighted by atomic mass is 9.77. The summed E-state index contributed by atoms with van der Waals surface area (Å²) in [5, 5.41) is 0. The molecule has 5 rings (SSSR count). The number of aryl methyl sites for hydroxylation is 1. The number of rotatable bonds is 5. The maximum Gasteiger partial charge on any atom is 0.241 e. The maximum absolute atomic E-state index is 13.1. The van der Waals surface area contributed by atoms with E-state index in [1.54, 1.807) is 0 Å². The first-order valence-corrected chi connectivity index (χ1v) is 8.60. The summed E-state index contributed by atoms with van der Waals surface area (Å²) in [5.41, 5.74) is 0.869. The number of amides is 2. The third-order valence-corrected chi connectivity index (χ3v) is 5.48. The number of carbonyl (C=O) groups is 2. The number of hydrogen-bond acceptors (Lipinski definition) is 5. The molecule has 0 radical (unpaired) electrons. The van der Waals surface area contributed by atoms with E-state index < -0.39 is 17.4 Å². The molecule has 2 bridgehead atoms. The largest absolute Gasteiger partial charge is 0.375 e. The molecular formula is C19H19NO5. The van der Waals surface area contributed by atoms with Crippen LogP contribution in [0, 0.1) is 18.8 Å². The van der Waals surface area contributed by atoms with Crippen LogP contribution >= 0.6 is 0 Å². The number of epoxide rings is 1. The Morgan fingerprint density at radius 2 is 2.00 bits per heavy atom. The molecule has 4 aliphatic heterocycles. The fourth-order valence-electron chi connectivity index (χ4n) is 4.13. The normalized spacial score (nSPS) is 37.9. The van der Waals surface area contributed by atoms with Crippen LogP contribution in [0.15, 0.2) is 36.4 Å². The molecule has 1 aromatic carbocycles. The van der Waals surface area contributed by atoms with Gasteiger partial charge < -0.3 is 14.2 Å². The summed E-state index contributed by atoms with van der Waals surface area (Å²) in [4.78, 5) is 27.4. The van der Waals surface area contributed by atoms with Crippen molar-refractivity contribution in [3.63, 3.8) is 0 Å². The summed E-state index contributed by atoms with van der Waals surface area (Å²) in [6.45, 7) is 3.45. The van der Waals surface area contributed by atoms with Gasteiger partial charge in [0.25, 0.3) is 0 Å². The molecule has 4 aliphatic rings. The van der Waals surface area contributed by atoms with E-state index in [0.717, 1.165) is 12.2 Å². The molecule has 0 spiro atoms. The van der Waals surface area contributed by atoms with Gasteiger partial charge in [-0.2, -0.15) is 0 Å². The summed E-state index contributed by atoms with van der Waals surface area (Å²) in [6, 6.07) is 7.44. The Bertz CT molecular complexity index is 769. The zero-order chi connectivity index (χ0) is 17.2. The summed E-state index contributed by atoms with van der Waals surface area (Å²) >= 11 is 0. The number of benzene rings is 1. The molecule has 1 aromatic rings. The van der Waals surface area contributed by atoms with Gasteiger partial charge in [0.1, 0.15) is 11.7 Å². The number of carbonyl (C=O) groups excluding carboxylic acids is 2. The van der Waals surface area contributed by atoms with E-state index in [2.05, 4.69) is 0 Å². The van der Waals surface area contributed by atoms with E-state index in [1.807, 2.05) is 43.3 Å². The Morgan fingerprint density at radius 1 is 1.24 bits per heavy atom. The van der Waals surface area contributed by atoms with Gasteiger partial charge >= 0.3 is 0 Å². The zero-order valence-corrected chi connectivity index (χ0v) is 13.9. The van der Waals surface area contributed by atoms with E-state index in [9.17, 15) is 9.59 Å². The van der Waals surface area contributed by atoms with E-state index in [-0.39, 0.29) is 30.6 Å². The van der Waals surface area contributed by atoms with Crippen LogP contribution in [-0.4, -0.2) is 49.4 Å². The first-order chi connectivity index (χ1) is 12.1. The monoisotopic (exact) mass is 341 g/mol. The molecule has 0 N–H and O–H groups in total. The van der Waals surface area contributed by atoms with Crippen LogP contribution in [0.1, 0.15) is 5.56 Å². The van der Waals surface area contributed by atoms with Crippen molar-refractivity contribution in [2.24, 2.45) is 11.8 Å². The van der Waals surface area contributed by atoms with Gasteiger partial charge in [-0.15, -0.1) is 0 Å². The molecular weight excluding hydrogens is 322 g/mol. The Balaban J connectivity index is 1.43. The van der Waals surface area contributed by atoms with Gasteiger partial charge in [0.05, 0.1) is 43.4 Å². The first kappa shape index (κ1) is 15.3. The van der Waals surface area contributed by atoms with Crippen LogP contribution < -0.4 is 4.90 Å². The van der Waals surface area contributed by atoms with Gasteiger partial charge in [0.15, 0.2) is 0 Å². The number of anilines is 1. The fourth-order valence-corrected chi connectivity index (χ4v) is 4.13. The molecule has 2 amide bonds. The van der Waals surface area contributed by atoms with Gasteiger partial charge in [-0.25, -0.2) is 4.90 Å². The van der Waals surface area contributed by atoms with Crippen LogP contribution in [0.4, 0.5) is 5.69 Å². The maximum atomic E-state index is 13.1. The molecule has 0 saturated carbocycles. The highest BCUT2D eigenvalue weighted by molar-refractivity contribution is 6.23. The molecule has 6 heteroatoms. The molecule has 0 unspecified atom stereocenters. The van der Waals surface area contributed by atoms with Gasteiger partial charge in [-0.05, 0) is 19.1 Å². The van der Waals surface area contributed by atoms with Crippen molar-refractivity contribution in [2.45, 2.75) is 24.7 Å². The number of ether oxygens (including phenoxy) is 3. The van der Waals surface area contributed by atoms with Crippen molar-refractivity contribution in [3.05, 3.63) is 42.0 Å². The quantitative estimate of drug-likeness (QED) is 0.458. The number of hydrogen-bond donors (Lipinski definition) is 0. The van der Waals surface area contributed by atoms with Crippen molar-refractivity contribution >= 4 is 17.5 Å². The number of nitrogens with zero attached hydrogens (tertiary/aromatic N) is 1. The van der Waals surface area contributed by atoms with Crippen molar-refractivity contribution in [1.82, 2.24) is 0 Å². The van der Waals surface area contributed by atoms with Crippen molar-refractivity contribution < 1.29 is 23.8 Å². The molecule has 3 saturated heterocycles. The van der Waals surface area contributed by atoms with E-state index in [1.165, 1.54) is 4.90 Å². The second-order valence-corrected chi connectivity index (χ2v) is 7.22. The Morgan fingerprint density at radius 3 is 2.72 bits per heavy atom. The van der Waals surface area contributed by atoms with Gasteiger partial charge in [0.2, 0.25) is 11.8 Å². The lowest BCUT2D eigenvalue weighted by Gasteiger charge is -2.28. The summed E-state index contributed by atoms with van der Waals surface area (Å²) < 4.78 is 16.9. The van der Waals surface area contributed by atoms with Crippen molar-refractivity contribution in [1.29, 1.82) is 0 Å². The summed E-state index contributed by atoms with van der Waals surface area (Å²) in [7, 11) is 0. The van der Waals surface area contributed by atoms with Gasteiger partial charge in [-0.3, -0.25) is 9.59 Å². The third kappa shape index (κ3) is 2.21. The molecule has 4 heterocycles. The van der Waals surface area contributed by atoms with Crippen LogP contribution in [0.25, 0.3) is 0 Å². The molecule has 0 aromatic heterocycles. The smallest absolute Gasteiger partial charge is 0.241 e. The van der Waals surface area contributed by atoms with Crippen molar-refractivity contribution in [3.8, 4) is 0 Å². The molecule has 5 atom stereocenters. The standard InChI is InChI=1S/C19H19NO5/c1-11-2-4-12(5-3-11)20-17(21)15-14-6-7-19(25-14,16(15)18(20)22)10-23-8-13-9-24-13/h2-7,13-16H,8-10H2,1H3/t13-,14-,15-,16+,19+/m1/s1. The molecule has 130 valence electrons. The topological polar surface area (TPSA) is 68.4 Å². The molecule has 3 fully saturated rings. The number of imide groups is 1. The molecule has 0 aliphatic carbocycles. The highest BCUT2D eigenvalue weighted by Gasteiger charge is 2.67. The lowest BCUT2D eigenvalue weighted by molar-refractivity contribution is -0.129. The average Bonchev–Trinajstić information content (AvgIpc) is 3.15. The first-order valence-electron chi connectivity index (χ1n) is 8.60. The minimum absolute atomic E-state index is 0.153. The van der Waals surface area contributed by atoms with Gasteiger partial charge in [-0.1, -0.05) is 29.8 Å². The van der Waals surface area contributed by atoms with Crippen molar-refractivity contribution in [2.75, 3.05) is 24.7 Å². The Kier molecular flexibility index (Phi) is 3.20. The minimum atomic E-state index is -0.837. The average molecular weight is 341 g/mol.